The van der Waals surface area contributed by atoms with Gasteiger partial charge in [0.25, 0.3) is 5.56 Å². The summed E-state index contributed by atoms with van der Waals surface area (Å²) in [6.07, 6.45) is 1.06. The van der Waals surface area contributed by atoms with E-state index < -0.39 is 15.6 Å². The highest BCUT2D eigenvalue weighted by molar-refractivity contribution is 7.92. The van der Waals surface area contributed by atoms with Crippen LogP contribution in [0.1, 0.15) is 0 Å². The van der Waals surface area contributed by atoms with Crippen LogP contribution in [0.3, 0.4) is 0 Å². The van der Waals surface area contributed by atoms with E-state index in [9.17, 15) is 13.2 Å². The molecule has 0 spiro atoms. The van der Waals surface area contributed by atoms with Crippen molar-refractivity contribution >= 4 is 55.8 Å². The van der Waals surface area contributed by atoms with Crippen molar-refractivity contribution in [3.05, 3.63) is 68.9 Å². The minimum Gasteiger partial charge on any atom is -0.412 e. The molecule has 33 heavy (non-hydrogen) atoms. The van der Waals surface area contributed by atoms with Gasteiger partial charge >= 0.3 is 0 Å². The van der Waals surface area contributed by atoms with Crippen LogP contribution in [0.25, 0.3) is 33.5 Å². The minimum absolute atomic E-state index is 0.101. The Labute approximate surface area is 198 Å². The van der Waals surface area contributed by atoms with E-state index in [2.05, 4.69) is 14.7 Å². The Morgan fingerprint density at radius 2 is 1.70 bits per heavy atom. The number of sulfonamides is 1. The van der Waals surface area contributed by atoms with Gasteiger partial charge < -0.3 is 10.6 Å². The number of nitrogens with zero attached hydrogens (tertiary/aromatic N) is 3. The van der Waals surface area contributed by atoms with Gasteiger partial charge in [-0.2, -0.15) is 0 Å². The van der Waals surface area contributed by atoms with Gasteiger partial charge in [0.05, 0.1) is 27.3 Å². The van der Waals surface area contributed by atoms with Crippen molar-refractivity contribution in [3.63, 3.8) is 0 Å². The van der Waals surface area contributed by atoms with E-state index in [1.807, 2.05) is 0 Å². The van der Waals surface area contributed by atoms with Crippen molar-refractivity contribution in [3.8, 4) is 22.5 Å². The molecule has 12 heteroatoms. The Balaban J connectivity index is 1.90. The lowest BCUT2D eigenvalue weighted by Crippen LogP contribution is -2.27. The van der Waals surface area contributed by atoms with Crippen molar-refractivity contribution in [2.45, 2.75) is 0 Å². The van der Waals surface area contributed by atoms with Crippen molar-refractivity contribution in [1.29, 1.82) is 0 Å². The van der Waals surface area contributed by atoms with Crippen LogP contribution >= 0.6 is 23.2 Å². The summed E-state index contributed by atoms with van der Waals surface area (Å²) in [7, 11) is -2.09. The maximum Gasteiger partial charge on any atom is 0.293 e. The molecule has 0 amide bonds. The summed E-state index contributed by atoms with van der Waals surface area (Å²) in [4.78, 5) is 27.3. The van der Waals surface area contributed by atoms with Crippen LogP contribution in [0.15, 0.2) is 53.3 Å². The number of nitrogen functional groups attached to an aromatic ring is 1. The molecule has 0 aliphatic rings. The Hall–Kier alpha value is -3.34. The number of aromatic nitrogens is 3. The molecule has 2 heterocycles. The van der Waals surface area contributed by atoms with E-state index in [0.29, 0.717) is 32.2 Å². The topological polar surface area (TPSA) is 129 Å². The average molecular weight is 506 g/mol. The summed E-state index contributed by atoms with van der Waals surface area (Å²) in [6.45, 7) is 0. The number of halogens is 2. The number of anilines is 2. The molecule has 0 fully saturated rings. The molecule has 0 radical (unpaired) electrons. The first kappa shape index (κ1) is 22.8. The summed E-state index contributed by atoms with van der Waals surface area (Å²) in [5.74, 6) is 0.322. The maximum absolute atomic E-state index is 13.2. The Morgan fingerprint density at radius 3 is 2.27 bits per heavy atom. The van der Waals surface area contributed by atoms with Crippen LogP contribution in [-0.2, 0) is 10.0 Å². The molecule has 2 aromatic heterocycles. The van der Waals surface area contributed by atoms with Crippen molar-refractivity contribution < 1.29 is 13.3 Å². The molecule has 0 aliphatic carbocycles. The highest BCUT2D eigenvalue weighted by atomic mass is 35.5. The smallest absolute Gasteiger partial charge is 0.293 e. The first-order valence-electron chi connectivity index (χ1n) is 9.39. The van der Waals surface area contributed by atoms with Gasteiger partial charge in [-0.05, 0) is 42.5 Å². The van der Waals surface area contributed by atoms with Crippen LogP contribution < -0.4 is 20.9 Å². The van der Waals surface area contributed by atoms with E-state index in [-0.39, 0.29) is 22.9 Å². The largest absolute Gasteiger partial charge is 0.412 e. The molecule has 0 bridgehead atoms. The number of hydrogen-bond acceptors (Lipinski definition) is 7. The van der Waals surface area contributed by atoms with Crippen molar-refractivity contribution in [2.24, 2.45) is 0 Å². The normalized spacial score (nSPS) is 11.5. The molecular formula is C21H17Cl2N5O4S. The zero-order valence-electron chi connectivity index (χ0n) is 17.3. The number of benzene rings is 2. The number of fused-ring (bicyclic) bond motifs is 1. The van der Waals surface area contributed by atoms with Crippen LogP contribution in [0.4, 0.5) is 11.5 Å². The van der Waals surface area contributed by atoms with E-state index in [1.54, 1.807) is 42.5 Å². The quantitative estimate of drug-likeness (QED) is 0.424. The first-order chi connectivity index (χ1) is 15.6. The third-order valence-corrected chi connectivity index (χ3v) is 5.95. The van der Waals surface area contributed by atoms with Gasteiger partial charge in [-0.1, -0.05) is 29.3 Å². The predicted octanol–water partition coefficient (Wildman–Crippen LogP) is 3.44. The monoisotopic (exact) mass is 505 g/mol. The zero-order valence-corrected chi connectivity index (χ0v) is 19.7. The number of rotatable bonds is 5. The molecular weight excluding hydrogens is 489 g/mol. The lowest BCUT2D eigenvalue weighted by atomic mass is 10.1. The maximum atomic E-state index is 13.2. The third kappa shape index (κ3) is 4.45. The molecule has 0 aliphatic heterocycles. The number of hydrogen-bond donors (Lipinski definition) is 2. The summed E-state index contributed by atoms with van der Waals surface area (Å²) < 4.78 is 26.2. The highest BCUT2D eigenvalue weighted by Gasteiger charge is 2.20. The fraction of sp³-hybridized carbons (Fsp3) is 0.0952. The Bertz CT molecular complexity index is 1530. The van der Waals surface area contributed by atoms with Gasteiger partial charge in [0.1, 0.15) is 12.9 Å². The number of nitrogens with one attached hydrogen (secondary N) is 1. The highest BCUT2D eigenvalue weighted by Crippen LogP contribution is 2.34. The van der Waals surface area contributed by atoms with Crippen LogP contribution in [0, 0.1) is 0 Å². The summed E-state index contributed by atoms with van der Waals surface area (Å²) in [5.41, 5.74) is 7.30. The lowest BCUT2D eigenvalue weighted by Gasteiger charge is -2.14. The van der Waals surface area contributed by atoms with Gasteiger partial charge in [-0.3, -0.25) is 9.52 Å². The summed E-state index contributed by atoms with van der Waals surface area (Å²) in [5, 5.41) is 0.947. The molecule has 4 aromatic rings. The molecule has 0 saturated heterocycles. The Morgan fingerprint density at radius 1 is 1.06 bits per heavy atom. The van der Waals surface area contributed by atoms with E-state index in [0.717, 1.165) is 11.0 Å². The third-order valence-electron chi connectivity index (χ3n) is 4.71. The fourth-order valence-corrected chi connectivity index (χ4v) is 4.48. The SMILES string of the molecule is COn1c(=O)c(-c2c(Cl)cccc2Cl)cc2c(N)nc(-c3ccc(NS(C)(=O)=O)cc3)nc21. The molecule has 4 rings (SSSR count). The summed E-state index contributed by atoms with van der Waals surface area (Å²) in [6, 6.07) is 12.8. The molecule has 0 saturated carbocycles. The van der Waals surface area contributed by atoms with Gasteiger partial charge in [0.15, 0.2) is 11.5 Å². The second kappa shape index (κ2) is 8.54. The summed E-state index contributed by atoms with van der Waals surface area (Å²) >= 11 is 12.6. The molecule has 0 unspecified atom stereocenters. The van der Waals surface area contributed by atoms with E-state index >= 15 is 0 Å². The minimum atomic E-state index is -3.41. The molecule has 9 nitrogen and oxygen atoms in total. The molecule has 170 valence electrons. The standard InChI is InChI=1S/C21H17Cl2N5O4S/c1-32-28-20-14(10-13(21(28)29)17-15(22)4-3-5-16(17)23)18(24)25-19(26-20)11-6-8-12(9-7-11)27-33(2,30)31/h3-10,27H,1-2H3,(H2,24,25,26). The lowest BCUT2D eigenvalue weighted by molar-refractivity contribution is 0.168. The van der Waals surface area contributed by atoms with Crippen molar-refractivity contribution in [1.82, 2.24) is 14.7 Å². The van der Waals surface area contributed by atoms with Crippen molar-refractivity contribution in [2.75, 3.05) is 23.8 Å². The number of pyridine rings is 1. The molecule has 0 atom stereocenters. The second-order valence-corrected chi connectivity index (χ2v) is 9.62. The molecule has 2 aromatic carbocycles. The van der Waals surface area contributed by atoms with E-state index in [4.69, 9.17) is 33.8 Å². The first-order valence-corrected chi connectivity index (χ1v) is 12.0. The predicted molar refractivity (Wildman–Crippen MR) is 130 cm³/mol. The average Bonchev–Trinajstić information content (AvgIpc) is 2.73. The Kier molecular flexibility index (Phi) is 5.91. The van der Waals surface area contributed by atoms with Gasteiger partial charge in [0.2, 0.25) is 10.0 Å². The van der Waals surface area contributed by atoms with Gasteiger partial charge in [-0.25, -0.2) is 18.4 Å². The fourth-order valence-electron chi connectivity index (χ4n) is 3.31. The second-order valence-electron chi connectivity index (χ2n) is 7.06. The number of nitrogens with two attached hydrogens (primary N) is 1. The van der Waals surface area contributed by atoms with Crippen LogP contribution in [0.2, 0.25) is 10.0 Å². The van der Waals surface area contributed by atoms with Crippen LogP contribution in [0.5, 0.6) is 0 Å². The van der Waals surface area contributed by atoms with Gasteiger partial charge in [0, 0.05) is 16.8 Å². The molecule has 3 N–H and O–H groups in total. The van der Waals surface area contributed by atoms with Gasteiger partial charge in [-0.15, -0.1) is 4.73 Å². The van der Waals surface area contributed by atoms with Crippen LogP contribution in [-0.4, -0.2) is 36.5 Å². The zero-order chi connectivity index (χ0) is 23.9. The van der Waals surface area contributed by atoms with E-state index in [1.165, 1.54) is 13.2 Å².